The molecule has 4 bridgehead atoms. The van der Waals surface area contributed by atoms with E-state index in [1.54, 1.807) is 24.3 Å². The second-order valence-corrected chi connectivity index (χ2v) is 20.0. The number of aliphatic hydroxyl groups excluding tert-OH is 2. The number of fused-ring (bicyclic) bond motifs is 8. The molecule has 4 aromatic heterocycles. The summed E-state index contributed by atoms with van der Waals surface area (Å²) in [7, 11) is 0. The summed E-state index contributed by atoms with van der Waals surface area (Å²) in [5.41, 5.74) is 0.927. The van der Waals surface area contributed by atoms with Crippen molar-refractivity contribution >= 4 is 58.5 Å². The first kappa shape index (κ1) is 50.0. The van der Waals surface area contributed by atoms with Gasteiger partial charge in [0.05, 0.1) is 48.8 Å². The largest absolute Gasteiger partial charge is 0.491 e. The third-order valence-corrected chi connectivity index (χ3v) is 14.4. The van der Waals surface area contributed by atoms with E-state index in [-0.39, 0.29) is 72.3 Å². The number of urea groups is 2. The number of nitrogens with zero attached hydrogens (tertiary/aromatic N) is 8. The molecule has 398 valence electrons. The molecule has 5 fully saturated rings. The Hall–Kier alpha value is -7.16. The Balaban J connectivity index is 0.740. The Morgan fingerprint density at radius 3 is 1.96 bits per heavy atom. The van der Waals surface area contributed by atoms with Crippen molar-refractivity contribution in [3.8, 4) is 11.5 Å². The van der Waals surface area contributed by atoms with Crippen LogP contribution in [-0.2, 0) is 9.47 Å². The minimum absolute atomic E-state index is 0.0748. The molecule has 75 heavy (non-hydrogen) atoms. The van der Waals surface area contributed by atoms with Crippen molar-refractivity contribution in [1.29, 1.82) is 0 Å². The number of hydrogen-bond donors (Lipinski definition) is 6. The lowest BCUT2D eigenvalue weighted by atomic mass is 9.89. The van der Waals surface area contributed by atoms with Crippen LogP contribution in [0.5, 0.6) is 11.5 Å². The fourth-order valence-corrected chi connectivity index (χ4v) is 10.4. The van der Waals surface area contributed by atoms with Gasteiger partial charge in [0, 0.05) is 69.5 Å². The summed E-state index contributed by atoms with van der Waals surface area (Å²) in [4.78, 5) is 79.2. The van der Waals surface area contributed by atoms with Gasteiger partial charge in [-0.15, -0.1) is 0 Å². The number of hydrogen-bond acceptors (Lipinski definition) is 16. The van der Waals surface area contributed by atoms with E-state index in [9.17, 15) is 47.0 Å². The molecule has 6 N–H and O–H groups in total. The number of amides is 6. The number of carbonyl (C=O) groups is 4. The van der Waals surface area contributed by atoms with Crippen molar-refractivity contribution in [3.05, 3.63) is 72.3 Å². The molecule has 2 saturated carbocycles. The molecule has 7 aliphatic rings. The topological polar surface area (TPSA) is 258 Å². The first-order chi connectivity index (χ1) is 35.9. The smallest absolute Gasteiger partial charge is 0.329 e. The summed E-state index contributed by atoms with van der Waals surface area (Å²) in [5.74, 6) is -7.28. The minimum atomic E-state index is -3.01. The highest BCUT2D eigenvalue weighted by Gasteiger charge is 2.59. The number of piperidine rings is 2. The Morgan fingerprint density at radius 1 is 0.787 bits per heavy atom. The van der Waals surface area contributed by atoms with E-state index in [1.165, 1.54) is 46.5 Å². The third kappa shape index (κ3) is 10.5. The van der Waals surface area contributed by atoms with Crippen LogP contribution < -0.4 is 50.3 Å². The van der Waals surface area contributed by atoms with Crippen LogP contribution in [0.15, 0.2) is 60.9 Å². The molecule has 6 amide bonds. The number of alkyl halides is 4. The molecule has 0 aromatic carbocycles. The van der Waals surface area contributed by atoms with Crippen LogP contribution in [-0.4, -0.2) is 160 Å². The summed E-state index contributed by atoms with van der Waals surface area (Å²) >= 11 is 0. The van der Waals surface area contributed by atoms with Gasteiger partial charge < -0.3 is 49.6 Å². The molecule has 0 radical (unpaired) electrons. The van der Waals surface area contributed by atoms with Gasteiger partial charge in [-0.25, -0.2) is 47.1 Å². The zero-order valence-electron chi connectivity index (χ0n) is 40.5. The van der Waals surface area contributed by atoms with E-state index in [2.05, 4.69) is 51.0 Å². The average molecular weight is 1050 g/mol. The van der Waals surface area contributed by atoms with Crippen molar-refractivity contribution < 1.29 is 65.9 Å². The summed E-state index contributed by atoms with van der Waals surface area (Å²) in [6.45, 7) is 3.04. The quantitative estimate of drug-likeness (QED) is 0.0909. The Labute approximate surface area is 426 Å². The minimum Gasteiger partial charge on any atom is -0.491 e. The Bertz CT molecular complexity index is 2890. The molecule has 11 rings (SSSR count). The van der Waals surface area contributed by atoms with E-state index >= 15 is 0 Å². The maximum atomic E-state index is 14.2. The molecule has 4 aromatic rings. The van der Waals surface area contributed by atoms with E-state index < -0.39 is 91.3 Å². The van der Waals surface area contributed by atoms with Crippen molar-refractivity contribution in [3.63, 3.8) is 0 Å². The molecule has 3 saturated heterocycles. The van der Waals surface area contributed by atoms with Gasteiger partial charge in [-0.3, -0.25) is 30.0 Å². The summed E-state index contributed by atoms with van der Waals surface area (Å²) in [5, 5.41) is 29.2. The third-order valence-electron chi connectivity index (χ3n) is 14.4. The van der Waals surface area contributed by atoms with Crippen LogP contribution in [0.2, 0.25) is 0 Å². The number of anilines is 6. The number of ether oxygens (including phenoxy) is 4. The second kappa shape index (κ2) is 19.5. The van der Waals surface area contributed by atoms with Crippen LogP contribution in [0.25, 0.3) is 0 Å². The molecule has 2 aliphatic carbocycles. The van der Waals surface area contributed by atoms with Crippen molar-refractivity contribution in [2.75, 3.05) is 76.3 Å². The highest BCUT2D eigenvalue weighted by molar-refractivity contribution is 6.06. The zero-order valence-corrected chi connectivity index (χ0v) is 40.5. The zero-order chi connectivity index (χ0) is 52.4. The van der Waals surface area contributed by atoms with Crippen LogP contribution in [0.3, 0.4) is 0 Å². The Kier molecular flexibility index (Phi) is 13.0. The predicted molar refractivity (Wildman–Crippen MR) is 259 cm³/mol. The van der Waals surface area contributed by atoms with Gasteiger partial charge in [0.1, 0.15) is 59.9 Å². The summed E-state index contributed by atoms with van der Waals surface area (Å²) in [6.07, 6.45) is 3.30. The monoisotopic (exact) mass is 1050 g/mol. The number of aliphatic hydroxyl groups is 2. The maximum Gasteiger partial charge on any atom is 0.329 e. The lowest BCUT2D eigenvalue weighted by Gasteiger charge is -2.50. The Morgan fingerprint density at radius 2 is 1.36 bits per heavy atom. The SMILES string of the molecule is CC1(CC2CC[C@H]3CN2c2ccc(C(=O)NC4CC4(F)F)nc2N3C(=O)Nc2cc(OC[C@H](O)CO)ccn2)OC[C@H](COc2ccnc(NC(=O)N3c4nc(C(=O)NC5CC5(F)F)ccc4N4CCC[C@H]3C4)c2)O1. The molecule has 22 nitrogen and oxygen atoms in total. The normalized spacial score (nSPS) is 26.8. The van der Waals surface area contributed by atoms with Crippen LogP contribution in [0.4, 0.5) is 61.8 Å². The molecular weight excluding hydrogens is 993 g/mol. The number of halogens is 4. The second-order valence-electron chi connectivity index (χ2n) is 20.0. The first-order valence-corrected chi connectivity index (χ1v) is 24.8. The van der Waals surface area contributed by atoms with Crippen molar-refractivity contribution in [2.24, 2.45) is 0 Å². The molecule has 5 aliphatic heterocycles. The van der Waals surface area contributed by atoms with E-state index in [1.807, 2.05) is 6.92 Å². The molecule has 4 unspecified atom stereocenters. The number of rotatable bonds is 15. The maximum absolute atomic E-state index is 14.2. The van der Waals surface area contributed by atoms with Gasteiger partial charge in [0.15, 0.2) is 17.4 Å². The van der Waals surface area contributed by atoms with Gasteiger partial charge in [-0.1, -0.05) is 0 Å². The number of carbonyl (C=O) groups excluding carboxylic acids is 4. The fourth-order valence-electron chi connectivity index (χ4n) is 10.4. The summed E-state index contributed by atoms with van der Waals surface area (Å²) < 4.78 is 79.3. The molecule has 8 atom stereocenters. The standard InChI is InChI=1S/C49H54F4N12O10/c1-47(17-26-4-5-28-21-63(26)36-9-7-34(44(69)59-38-19-49(38,52)53)57-42(36)65(28)46(71)61-39-15-30(10-12-54-39)72-23-29(67)22-66)74-25-32(75-47)24-73-31-11-13-55-40(16-31)60-45(70)64-27-3-2-14-62(20-27)35-8-6-33(56-41(35)64)43(68)58-37-18-48(37,50)51/h6-13,15-16,26-29,32,37-38,66-67H,2-5,14,17-25H2,1H3,(H,58,68)(H,59,69)(H,54,61,71)(H,55,60,70)/t26?,27-,28-,29+,32-,37?,38?,47?/m0/s1. The van der Waals surface area contributed by atoms with Gasteiger partial charge in [0.2, 0.25) is 0 Å². The van der Waals surface area contributed by atoms with Gasteiger partial charge >= 0.3 is 12.1 Å². The molecule has 26 heteroatoms. The fraction of sp³-hybridized carbons (Fsp3) is 0.510. The lowest BCUT2D eigenvalue weighted by molar-refractivity contribution is -0.164. The van der Waals surface area contributed by atoms with E-state index in [0.29, 0.717) is 55.9 Å². The number of nitrogens with one attached hydrogen (secondary N) is 4. The van der Waals surface area contributed by atoms with Crippen molar-refractivity contribution in [1.82, 2.24) is 30.6 Å². The van der Waals surface area contributed by atoms with E-state index in [0.717, 1.165) is 13.0 Å². The molecule has 0 spiro atoms. The number of pyridine rings is 4. The highest BCUT2D eigenvalue weighted by atomic mass is 19.3. The van der Waals surface area contributed by atoms with Crippen LogP contribution in [0, 0.1) is 0 Å². The van der Waals surface area contributed by atoms with Crippen molar-refractivity contribution in [2.45, 2.75) is 112 Å². The predicted octanol–water partition coefficient (Wildman–Crippen LogP) is 4.28. The molecule has 9 heterocycles. The first-order valence-electron chi connectivity index (χ1n) is 24.8. The summed E-state index contributed by atoms with van der Waals surface area (Å²) in [6, 6.07) is 7.75. The lowest BCUT2D eigenvalue weighted by Crippen LogP contribution is -2.60. The van der Waals surface area contributed by atoms with Crippen LogP contribution in [0.1, 0.15) is 72.8 Å². The van der Waals surface area contributed by atoms with Gasteiger partial charge in [-0.05, 0) is 69.0 Å². The highest BCUT2D eigenvalue weighted by Crippen LogP contribution is 2.46. The number of aromatic nitrogens is 4. The van der Waals surface area contributed by atoms with Gasteiger partial charge in [0.25, 0.3) is 23.7 Å². The average Bonchev–Trinajstić information content (AvgIpc) is 4.15. The van der Waals surface area contributed by atoms with E-state index in [4.69, 9.17) is 18.9 Å². The van der Waals surface area contributed by atoms with Gasteiger partial charge in [-0.2, -0.15) is 0 Å². The molecular formula is C49H54F4N12O10. The van der Waals surface area contributed by atoms with Crippen LogP contribution >= 0.6 is 0 Å².